The maximum absolute atomic E-state index is 13.2. The summed E-state index contributed by atoms with van der Waals surface area (Å²) < 4.78 is 0. The van der Waals surface area contributed by atoms with Crippen LogP contribution in [0.2, 0.25) is 0 Å². The van der Waals surface area contributed by atoms with Crippen LogP contribution in [-0.2, 0) is 17.6 Å². The second kappa shape index (κ2) is 6.44. The molecule has 0 aromatic carbocycles. The van der Waals surface area contributed by atoms with Gasteiger partial charge in [-0.1, -0.05) is 0 Å². The molecule has 2 saturated heterocycles. The minimum Gasteiger partial charge on any atom is -0.356 e. The van der Waals surface area contributed by atoms with Gasteiger partial charge in [0, 0.05) is 49.4 Å². The van der Waals surface area contributed by atoms with Crippen LogP contribution in [0.15, 0.2) is 0 Å². The number of fused-ring (bicyclic) bond motifs is 1. The summed E-state index contributed by atoms with van der Waals surface area (Å²) >= 11 is 0. The number of nitrogens with one attached hydrogen (secondary N) is 2. The Morgan fingerprint density at radius 3 is 2.88 bits per heavy atom. The molecule has 1 atom stereocenters. The number of aryl methyl sites for hydroxylation is 1. The van der Waals surface area contributed by atoms with Gasteiger partial charge < -0.3 is 10.2 Å². The lowest BCUT2D eigenvalue weighted by Gasteiger charge is -2.49. The van der Waals surface area contributed by atoms with Crippen LogP contribution in [0, 0.1) is 0 Å². The predicted molar refractivity (Wildman–Crippen MR) is 93.4 cm³/mol. The molecule has 25 heavy (non-hydrogen) atoms. The summed E-state index contributed by atoms with van der Waals surface area (Å²) in [4.78, 5) is 29.2. The van der Waals surface area contributed by atoms with E-state index in [1.54, 1.807) is 0 Å². The highest BCUT2D eigenvalue weighted by Gasteiger charge is 2.43. The molecule has 2 aliphatic heterocycles. The second-order valence-corrected chi connectivity index (χ2v) is 7.71. The fraction of sp³-hybridized carbons (Fsp3) is 0.722. The quantitative estimate of drug-likeness (QED) is 0.786. The van der Waals surface area contributed by atoms with E-state index in [9.17, 15) is 9.59 Å². The highest BCUT2D eigenvalue weighted by atomic mass is 16.2. The molecule has 2 fully saturated rings. The van der Waals surface area contributed by atoms with Crippen molar-refractivity contribution in [3.63, 3.8) is 0 Å². The normalized spacial score (nSPS) is 27.7. The Morgan fingerprint density at radius 1 is 1.16 bits per heavy atom. The third kappa shape index (κ3) is 2.94. The van der Waals surface area contributed by atoms with Gasteiger partial charge in [-0.15, -0.1) is 0 Å². The number of likely N-dealkylation sites (N-methyl/N-ethyl adjacent to an activating group) is 1. The third-order valence-electron chi connectivity index (χ3n) is 6.28. The number of amides is 2. The van der Waals surface area contributed by atoms with Crippen LogP contribution < -0.4 is 5.32 Å². The van der Waals surface area contributed by atoms with E-state index in [4.69, 9.17) is 0 Å². The highest BCUT2D eigenvalue weighted by Crippen LogP contribution is 2.31. The van der Waals surface area contributed by atoms with Crippen LogP contribution in [-0.4, -0.2) is 70.6 Å². The van der Waals surface area contributed by atoms with Crippen molar-refractivity contribution in [2.45, 2.75) is 50.5 Å². The number of hydrogen-bond donors (Lipinski definition) is 2. The summed E-state index contributed by atoms with van der Waals surface area (Å²) in [5, 5.41) is 10.4. The molecule has 0 saturated carbocycles. The Kier molecular flexibility index (Phi) is 4.27. The standard InChI is InChI=1S/C18H27N5O2/c1-22-10-11-23(12-18(22)7-6-15(24)19-9-8-18)17(25)16-13-4-2-3-5-14(13)20-21-16/h2-12H2,1H3,(H,19,24)(H,20,21)/t18-/m1/s1. The molecule has 3 aliphatic rings. The minimum absolute atomic E-state index is 0.0513. The molecule has 4 rings (SSSR count). The van der Waals surface area contributed by atoms with Crippen LogP contribution in [0.5, 0.6) is 0 Å². The van der Waals surface area contributed by atoms with E-state index >= 15 is 0 Å². The zero-order valence-electron chi connectivity index (χ0n) is 14.9. The van der Waals surface area contributed by atoms with Crippen molar-refractivity contribution in [2.75, 3.05) is 33.2 Å². The van der Waals surface area contributed by atoms with E-state index in [0.717, 1.165) is 56.5 Å². The number of nitrogens with zero attached hydrogens (tertiary/aromatic N) is 3. The average molecular weight is 345 g/mol. The molecule has 2 N–H and O–H groups in total. The number of aromatic nitrogens is 2. The predicted octanol–water partition coefficient (Wildman–Crippen LogP) is 0.715. The summed E-state index contributed by atoms with van der Waals surface area (Å²) in [6.07, 6.45) is 6.47. The summed E-state index contributed by atoms with van der Waals surface area (Å²) in [7, 11) is 2.12. The molecule has 0 radical (unpaired) electrons. The Balaban J connectivity index is 1.55. The van der Waals surface area contributed by atoms with Crippen LogP contribution in [0.4, 0.5) is 0 Å². The van der Waals surface area contributed by atoms with Crippen molar-refractivity contribution in [1.29, 1.82) is 0 Å². The summed E-state index contributed by atoms with van der Waals surface area (Å²) in [6, 6.07) is 0. The summed E-state index contributed by atoms with van der Waals surface area (Å²) in [5.41, 5.74) is 2.78. The molecule has 3 heterocycles. The molecule has 1 aromatic rings. The number of aromatic amines is 1. The molecule has 7 nitrogen and oxygen atoms in total. The van der Waals surface area contributed by atoms with Gasteiger partial charge in [0.25, 0.3) is 5.91 Å². The van der Waals surface area contributed by atoms with Crippen molar-refractivity contribution in [1.82, 2.24) is 25.3 Å². The number of H-pyrrole nitrogens is 1. The lowest BCUT2D eigenvalue weighted by molar-refractivity contribution is -0.121. The molecule has 1 spiro atoms. The van der Waals surface area contributed by atoms with E-state index < -0.39 is 0 Å². The Hall–Kier alpha value is -1.89. The molecule has 0 bridgehead atoms. The first-order valence-electron chi connectivity index (χ1n) is 9.42. The van der Waals surface area contributed by atoms with E-state index in [0.29, 0.717) is 25.2 Å². The monoisotopic (exact) mass is 345 g/mol. The molecule has 7 heteroatoms. The first-order valence-corrected chi connectivity index (χ1v) is 9.42. The van der Waals surface area contributed by atoms with Crippen molar-refractivity contribution in [3.05, 3.63) is 17.0 Å². The molecular weight excluding hydrogens is 318 g/mol. The van der Waals surface area contributed by atoms with Gasteiger partial charge in [-0.2, -0.15) is 5.10 Å². The maximum Gasteiger partial charge on any atom is 0.274 e. The molecule has 2 amide bonds. The van der Waals surface area contributed by atoms with E-state index in [2.05, 4.69) is 27.5 Å². The van der Waals surface area contributed by atoms with Gasteiger partial charge in [0.15, 0.2) is 5.69 Å². The fourth-order valence-corrected chi connectivity index (χ4v) is 4.58. The van der Waals surface area contributed by atoms with Gasteiger partial charge in [0.2, 0.25) is 5.91 Å². The number of hydrogen-bond acceptors (Lipinski definition) is 4. The van der Waals surface area contributed by atoms with E-state index in [1.807, 2.05) is 4.90 Å². The van der Waals surface area contributed by atoms with Crippen LogP contribution in [0.1, 0.15) is 53.8 Å². The summed E-state index contributed by atoms with van der Waals surface area (Å²) in [6.45, 7) is 2.93. The van der Waals surface area contributed by atoms with Gasteiger partial charge >= 0.3 is 0 Å². The van der Waals surface area contributed by atoms with Crippen molar-refractivity contribution < 1.29 is 9.59 Å². The van der Waals surface area contributed by atoms with Crippen LogP contribution in [0.25, 0.3) is 0 Å². The van der Waals surface area contributed by atoms with Crippen LogP contribution >= 0.6 is 0 Å². The molecule has 1 aliphatic carbocycles. The zero-order valence-corrected chi connectivity index (χ0v) is 14.9. The first-order chi connectivity index (χ1) is 12.1. The maximum atomic E-state index is 13.2. The number of piperazine rings is 1. The Bertz CT molecular complexity index is 685. The zero-order chi connectivity index (χ0) is 17.4. The Labute approximate surface area is 148 Å². The van der Waals surface area contributed by atoms with Gasteiger partial charge in [-0.3, -0.25) is 19.6 Å². The summed E-state index contributed by atoms with van der Waals surface area (Å²) in [5.74, 6) is 0.172. The van der Waals surface area contributed by atoms with Gasteiger partial charge in [0.05, 0.1) is 0 Å². The SMILES string of the molecule is CN1CCN(C(=O)c2n[nH]c3c2CCCC3)C[C@@]12CCNC(=O)CC2. The van der Waals surface area contributed by atoms with Crippen LogP contribution in [0.3, 0.4) is 0 Å². The van der Waals surface area contributed by atoms with Crippen molar-refractivity contribution >= 4 is 11.8 Å². The van der Waals surface area contributed by atoms with Gasteiger partial charge in [-0.05, 0) is 45.6 Å². The highest BCUT2D eigenvalue weighted by molar-refractivity contribution is 5.94. The topological polar surface area (TPSA) is 81.3 Å². The largest absolute Gasteiger partial charge is 0.356 e. The average Bonchev–Trinajstić information content (AvgIpc) is 2.96. The smallest absolute Gasteiger partial charge is 0.274 e. The molecular formula is C18H27N5O2. The number of carbonyl (C=O) groups is 2. The third-order valence-corrected chi connectivity index (χ3v) is 6.28. The second-order valence-electron chi connectivity index (χ2n) is 7.71. The van der Waals surface area contributed by atoms with Gasteiger partial charge in [0.1, 0.15) is 0 Å². The van der Waals surface area contributed by atoms with E-state index in [1.165, 1.54) is 6.42 Å². The number of carbonyl (C=O) groups excluding carboxylic acids is 2. The molecule has 0 unspecified atom stereocenters. The molecule has 1 aromatic heterocycles. The van der Waals surface area contributed by atoms with Crippen molar-refractivity contribution in [2.24, 2.45) is 0 Å². The lowest BCUT2D eigenvalue weighted by Crippen LogP contribution is -2.62. The molecule has 136 valence electrons. The minimum atomic E-state index is -0.108. The fourth-order valence-electron chi connectivity index (χ4n) is 4.58. The van der Waals surface area contributed by atoms with Gasteiger partial charge in [-0.25, -0.2) is 0 Å². The van der Waals surface area contributed by atoms with E-state index in [-0.39, 0.29) is 17.4 Å². The lowest BCUT2D eigenvalue weighted by atomic mass is 9.86. The number of rotatable bonds is 1. The first kappa shape index (κ1) is 16.6. The Morgan fingerprint density at radius 2 is 2.00 bits per heavy atom. The van der Waals surface area contributed by atoms with Crippen molar-refractivity contribution in [3.8, 4) is 0 Å².